The Morgan fingerprint density at radius 1 is 1.00 bits per heavy atom. The van der Waals surface area contributed by atoms with Crippen LogP contribution in [-0.2, 0) is 0 Å². The molecule has 1 aliphatic heterocycles. The summed E-state index contributed by atoms with van der Waals surface area (Å²) in [6.07, 6.45) is 0. The summed E-state index contributed by atoms with van der Waals surface area (Å²) in [6, 6.07) is 15.9. The first kappa shape index (κ1) is 16.2. The normalized spacial score (nSPS) is 13.5. The highest BCUT2D eigenvalue weighted by atomic mass is 16.6. The SMILES string of the molecule is O=[N+]([O-])c1ccc(-c2ccc(-c3nc4ccc(C5=NCCN5)cc4[nH]3)o2)cc1. The van der Waals surface area contributed by atoms with Crippen LogP contribution in [0, 0.1) is 10.1 Å². The highest BCUT2D eigenvalue weighted by Gasteiger charge is 2.14. The van der Waals surface area contributed by atoms with Gasteiger partial charge in [-0.15, -0.1) is 0 Å². The van der Waals surface area contributed by atoms with E-state index in [4.69, 9.17) is 4.42 Å². The zero-order chi connectivity index (χ0) is 19.1. The molecule has 2 aromatic heterocycles. The molecule has 0 amide bonds. The Kier molecular flexibility index (Phi) is 3.68. The van der Waals surface area contributed by atoms with Gasteiger partial charge >= 0.3 is 0 Å². The molecule has 0 aliphatic carbocycles. The van der Waals surface area contributed by atoms with Crippen LogP contribution in [0.4, 0.5) is 5.69 Å². The van der Waals surface area contributed by atoms with Crippen molar-refractivity contribution in [3.63, 3.8) is 0 Å². The molecule has 5 rings (SSSR count). The summed E-state index contributed by atoms with van der Waals surface area (Å²) in [5.74, 6) is 2.75. The zero-order valence-electron chi connectivity index (χ0n) is 14.7. The number of fused-ring (bicyclic) bond motifs is 1. The van der Waals surface area contributed by atoms with Gasteiger partial charge in [-0.3, -0.25) is 15.1 Å². The Balaban J connectivity index is 1.46. The van der Waals surface area contributed by atoms with Crippen molar-refractivity contribution in [3.8, 4) is 22.9 Å². The van der Waals surface area contributed by atoms with Gasteiger partial charge in [0.05, 0.1) is 22.5 Å². The second-order valence-electron chi connectivity index (χ2n) is 6.44. The Hall–Kier alpha value is -3.94. The van der Waals surface area contributed by atoms with Crippen molar-refractivity contribution in [3.05, 3.63) is 70.3 Å². The van der Waals surface area contributed by atoms with Gasteiger partial charge in [-0.25, -0.2) is 4.98 Å². The van der Waals surface area contributed by atoms with E-state index in [0.717, 1.165) is 41.1 Å². The number of hydrogen-bond donors (Lipinski definition) is 2. The topological polar surface area (TPSA) is 109 Å². The van der Waals surface area contributed by atoms with E-state index in [0.29, 0.717) is 17.3 Å². The van der Waals surface area contributed by atoms with E-state index >= 15 is 0 Å². The summed E-state index contributed by atoms with van der Waals surface area (Å²) >= 11 is 0. The predicted octanol–water partition coefficient (Wildman–Crippen LogP) is 3.75. The van der Waals surface area contributed by atoms with Crippen molar-refractivity contribution in [1.82, 2.24) is 15.3 Å². The highest BCUT2D eigenvalue weighted by molar-refractivity contribution is 6.02. The molecule has 0 saturated carbocycles. The van der Waals surface area contributed by atoms with Gasteiger partial charge in [-0.1, -0.05) is 0 Å². The standard InChI is InChI=1S/C20H15N5O3/c26-25(27)14-4-1-12(2-5-14)17-7-8-18(28-17)20-23-15-6-3-13(11-16(15)24-20)19-21-9-10-22-19/h1-8,11H,9-10H2,(H,21,22)(H,23,24). The van der Waals surface area contributed by atoms with Gasteiger partial charge in [0.15, 0.2) is 11.6 Å². The van der Waals surface area contributed by atoms with Crippen LogP contribution in [0.1, 0.15) is 5.56 Å². The molecular formula is C20H15N5O3. The number of hydrogen-bond acceptors (Lipinski definition) is 6. The molecule has 4 aromatic rings. The minimum absolute atomic E-state index is 0.0463. The molecule has 1 aliphatic rings. The highest BCUT2D eigenvalue weighted by Crippen LogP contribution is 2.29. The van der Waals surface area contributed by atoms with Crippen molar-refractivity contribution >= 4 is 22.6 Å². The number of H-pyrrole nitrogens is 1. The lowest BCUT2D eigenvalue weighted by Crippen LogP contribution is -2.19. The fraction of sp³-hybridized carbons (Fsp3) is 0.100. The maximum absolute atomic E-state index is 10.8. The van der Waals surface area contributed by atoms with Crippen LogP contribution in [0.2, 0.25) is 0 Å². The average Bonchev–Trinajstić information content (AvgIpc) is 3.47. The number of imidazole rings is 1. The van der Waals surface area contributed by atoms with E-state index in [9.17, 15) is 10.1 Å². The van der Waals surface area contributed by atoms with E-state index in [2.05, 4.69) is 20.3 Å². The molecule has 2 N–H and O–H groups in total. The van der Waals surface area contributed by atoms with E-state index in [1.807, 2.05) is 30.3 Å². The second-order valence-corrected chi connectivity index (χ2v) is 6.44. The number of aromatic nitrogens is 2. The smallest absolute Gasteiger partial charge is 0.269 e. The quantitative estimate of drug-likeness (QED) is 0.418. The summed E-state index contributed by atoms with van der Waals surface area (Å²) in [7, 11) is 0. The molecule has 2 aromatic carbocycles. The first-order chi connectivity index (χ1) is 13.7. The Morgan fingerprint density at radius 2 is 1.79 bits per heavy atom. The van der Waals surface area contributed by atoms with Crippen molar-refractivity contribution < 1.29 is 9.34 Å². The van der Waals surface area contributed by atoms with Gasteiger partial charge in [0.25, 0.3) is 5.69 Å². The van der Waals surface area contributed by atoms with Gasteiger partial charge in [-0.2, -0.15) is 0 Å². The Morgan fingerprint density at radius 3 is 2.54 bits per heavy atom. The Labute approximate surface area is 159 Å². The lowest BCUT2D eigenvalue weighted by Gasteiger charge is -2.01. The van der Waals surface area contributed by atoms with Crippen LogP contribution in [0.25, 0.3) is 33.9 Å². The summed E-state index contributed by atoms with van der Waals surface area (Å²) in [5, 5.41) is 14.1. The summed E-state index contributed by atoms with van der Waals surface area (Å²) in [6.45, 7) is 1.65. The third kappa shape index (κ3) is 2.81. The van der Waals surface area contributed by atoms with Crippen molar-refractivity contribution in [1.29, 1.82) is 0 Å². The van der Waals surface area contributed by atoms with Crippen molar-refractivity contribution in [2.45, 2.75) is 0 Å². The van der Waals surface area contributed by atoms with Crippen LogP contribution >= 0.6 is 0 Å². The molecule has 0 bridgehead atoms. The van der Waals surface area contributed by atoms with Crippen molar-refractivity contribution in [2.75, 3.05) is 13.1 Å². The van der Waals surface area contributed by atoms with E-state index in [-0.39, 0.29) is 5.69 Å². The number of rotatable bonds is 4. The van der Waals surface area contributed by atoms with Crippen LogP contribution in [0.15, 0.2) is 64.0 Å². The number of benzene rings is 2. The molecule has 8 nitrogen and oxygen atoms in total. The molecular weight excluding hydrogens is 358 g/mol. The lowest BCUT2D eigenvalue weighted by atomic mass is 10.1. The van der Waals surface area contributed by atoms with Crippen LogP contribution in [-0.4, -0.2) is 33.8 Å². The van der Waals surface area contributed by atoms with E-state index in [1.54, 1.807) is 12.1 Å². The molecule has 0 saturated heterocycles. The summed E-state index contributed by atoms with van der Waals surface area (Å²) in [4.78, 5) is 22.7. The predicted molar refractivity (Wildman–Crippen MR) is 105 cm³/mol. The van der Waals surface area contributed by atoms with Crippen molar-refractivity contribution in [2.24, 2.45) is 4.99 Å². The molecule has 0 atom stereocenters. The maximum Gasteiger partial charge on any atom is 0.269 e. The molecule has 0 radical (unpaired) electrons. The van der Waals surface area contributed by atoms with E-state index < -0.39 is 4.92 Å². The third-order valence-corrected chi connectivity index (χ3v) is 4.63. The molecule has 0 spiro atoms. The number of amidine groups is 1. The number of nitrogens with one attached hydrogen (secondary N) is 2. The molecule has 8 heteroatoms. The lowest BCUT2D eigenvalue weighted by molar-refractivity contribution is -0.384. The number of nitrogens with zero attached hydrogens (tertiary/aromatic N) is 3. The van der Waals surface area contributed by atoms with Crippen LogP contribution in [0.3, 0.4) is 0 Å². The van der Waals surface area contributed by atoms with Crippen LogP contribution < -0.4 is 5.32 Å². The first-order valence-electron chi connectivity index (χ1n) is 8.81. The number of non-ortho nitro benzene ring substituents is 1. The van der Waals surface area contributed by atoms with Gasteiger partial charge in [0, 0.05) is 29.8 Å². The minimum atomic E-state index is -0.424. The van der Waals surface area contributed by atoms with Gasteiger partial charge in [0.1, 0.15) is 11.6 Å². The first-order valence-corrected chi connectivity index (χ1v) is 8.81. The fourth-order valence-electron chi connectivity index (χ4n) is 3.23. The average molecular weight is 373 g/mol. The summed E-state index contributed by atoms with van der Waals surface area (Å²) in [5.41, 5.74) is 3.57. The number of furan rings is 1. The largest absolute Gasteiger partial charge is 0.453 e. The number of nitro groups is 1. The molecule has 138 valence electrons. The van der Waals surface area contributed by atoms with Crippen LogP contribution in [0.5, 0.6) is 0 Å². The van der Waals surface area contributed by atoms with E-state index in [1.165, 1.54) is 12.1 Å². The van der Waals surface area contributed by atoms with Gasteiger partial charge < -0.3 is 14.7 Å². The monoisotopic (exact) mass is 373 g/mol. The Bertz CT molecular complexity index is 1220. The summed E-state index contributed by atoms with van der Waals surface area (Å²) < 4.78 is 5.92. The number of nitro benzene ring substituents is 1. The number of aromatic amines is 1. The molecule has 0 fully saturated rings. The maximum atomic E-state index is 10.8. The molecule has 0 unspecified atom stereocenters. The fourth-order valence-corrected chi connectivity index (χ4v) is 3.23. The zero-order valence-corrected chi connectivity index (χ0v) is 14.7. The second kappa shape index (κ2) is 6.34. The minimum Gasteiger partial charge on any atom is -0.453 e. The molecule has 3 heterocycles. The number of aliphatic imine (C=N–C) groups is 1. The molecule has 28 heavy (non-hydrogen) atoms. The third-order valence-electron chi connectivity index (χ3n) is 4.63. The van der Waals surface area contributed by atoms with Gasteiger partial charge in [0.2, 0.25) is 0 Å². The van der Waals surface area contributed by atoms with Gasteiger partial charge in [-0.05, 0) is 42.5 Å².